The number of hydrogen-bond acceptors (Lipinski definition) is 5. The Labute approximate surface area is 129 Å². The molecule has 10 heteroatoms. The van der Waals surface area contributed by atoms with Gasteiger partial charge in [-0.2, -0.15) is 5.26 Å². The summed E-state index contributed by atoms with van der Waals surface area (Å²) in [6, 6.07) is 6.37. The van der Waals surface area contributed by atoms with Gasteiger partial charge in [0.1, 0.15) is 0 Å². The average Bonchev–Trinajstić information content (AvgIpc) is 2.27. The van der Waals surface area contributed by atoms with Crippen LogP contribution in [-0.4, -0.2) is 18.3 Å². The van der Waals surface area contributed by atoms with Gasteiger partial charge in [0.2, 0.25) is 1.47 Å². The minimum absolute atomic E-state index is 0.231. The minimum atomic E-state index is -4.61. The van der Waals surface area contributed by atoms with Crippen LogP contribution in [0.3, 0.4) is 0 Å². The Morgan fingerprint density at radius 3 is 1.78 bits per heavy atom. The minimum Gasteiger partial charge on any atom is -0.209 e. The molecule has 1 aromatic carbocycles. The summed E-state index contributed by atoms with van der Waals surface area (Å²) in [7, 11) is -9.21. The second-order valence-corrected chi connectivity index (χ2v) is 16.9. The first kappa shape index (κ1) is 16.1. The molecule has 0 heterocycles. The second kappa shape index (κ2) is 5.20. The zero-order chi connectivity index (χ0) is 14.2. The van der Waals surface area contributed by atoms with Crippen LogP contribution in [0.15, 0.2) is 29.2 Å². The molecule has 5 nitrogen and oxygen atoms in total. The molecule has 0 aliphatic carbocycles. The highest BCUT2D eigenvalue weighted by molar-refractivity contribution is 9.43. The molecule has 0 atom stereocenters. The molecule has 0 radical (unpaired) electrons. The van der Waals surface area contributed by atoms with Crippen molar-refractivity contribution in [3.8, 4) is 6.07 Å². The van der Waals surface area contributed by atoms with Crippen LogP contribution in [0.1, 0.15) is 5.56 Å². The maximum Gasteiger partial charge on any atom is 0.293 e. The summed E-state index contributed by atoms with van der Waals surface area (Å²) in [5, 5.41) is 8.58. The third-order valence-electron chi connectivity index (χ3n) is 1.84. The van der Waals surface area contributed by atoms with Crippen molar-refractivity contribution in [2.24, 2.45) is 0 Å². The van der Waals surface area contributed by atoms with E-state index in [1.165, 1.54) is 12.1 Å². The van der Waals surface area contributed by atoms with Crippen LogP contribution in [0.2, 0.25) is 0 Å². The molecule has 0 N–H and O–H groups in total. The SMILES string of the molecule is N#Cc1ccc(S(=O)(=O)S(=O)(=O)C(Br)(Br)Br)cc1. The highest BCUT2D eigenvalue weighted by Gasteiger charge is 2.47. The molecule has 0 unspecified atom stereocenters. The number of alkyl halides is 3. The van der Waals surface area contributed by atoms with E-state index in [9.17, 15) is 16.8 Å². The van der Waals surface area contributed by atoms with Gasteiger partial charge >= 0.3 is 0 Å². The van der Waals surface area contributed by atoms with Gasteiger partial charge in [-0.05, 0) is 72.1 Å². The third kappa shape index (κ3) is 2.80. The lowest BCUT2D eigenvalue weighted by molar-refractivity contribution is 0.584. The van der Waals surface area contributed by atoms with E-state index in [0.29, 0.717) is 0 Å². The second-order valence-electron chi connectivity index (χ2n) is 2.99. The Hall–Kier alpha value is 0.0500. The van der Waals surface area contributed by atoms with Gasteiger partial charge in [0.05, 0.1) is 16.5 Å². The van der Waals surface area contributed by atoms with Gasteiger partial charge in [0, 0.05) is 0 Å². The number of benzene rings is 1. The van der Waals surface area contributed by atoms with Crippen LogP contribution in [0.25, 0.3) is 0 Å². The molecule has 0 amide bonds. The Balaban J connectivity index is 3.45. The molecule has 0 saturated heterocycles. The zero-order valence-electron chi connectivity index (χ0n) is 8.34. The van der Waals surface area contributed by atoms with Crippen LogP contribution in [-0.2, 0) is 17.7 Å². The topological polar surface area (TPSA) is 92.1 Å². The summed E-state index contributed by atoms with van der Waals surface area (Å²) in [5.74, 6) is 0. The molecule has 1 rings (SSSR count). The maximum atomic E-state index is 11.9. The third-order valence-corrected chi connectivity index (χ3v) is 12.7. The van der Waals surface area contributed by atoms with E-state index in [-0.39, 0.29) is 5.56 Å². The van der Waals surface area contributed by atoms with Crippen molar-refractivity contribution >= 4 is 65.5 Å². The van der Waals surface area contributed by atoms with Gasteiger partial charge in [0.25, 0.3) is 17.7 Å². The number of hydrogen-bond donors (Lipinski definition) is 0. The van der Waals surface area contributed by atoms with E-state index < -0.39 is 24.1 Å². The van der Waals surface area contributed by atoms with E-state index in [4.69, 9.17) is 5.26 Å². The van der Waals surface area contributed by atoms with E-state index in [1.54, 1.807) is 6.07 Å². The highest BCUT2D eigenvalue weighted by atomic mass is 80.0. The van der Waals surface area contributed by atoms with E-state index in [1.807, 2.05) is 0 Å². The van der Waals surface area contributed by atoms with Crippen molar-refractivity contribution in [3.63, 3.8) is 0 Å². The van der Waals surface area contributed by atoms with E-state index in [0.717, 1.165) is 12.1 Å². The van der Waals surface area contributed by atoms with Gasteiger partial charge in [-0.1, -0.05) is 0 Å². The van der Waals surface area contributed by atoms with Crippen LogP contribution < -0.4 is 0 Å². The molecule has 18 heavy (non-hydrogen) atoms. The number of nitriles is 1. The highest BCUT2D eigenvalue weighted by Crippen LogP contribution is 2.43. The first-order valence-corrected chi connectivity index (χ1v) is 9.97. The van der Waals surface area contributed by atoms with Crippen LogP contribution in [0, 0.1) is 11.3 Å². The molecule has 0 aromatic heterocycles. The summed E-state index contributed by atoms with van der Waals surface area (Å²) in [5.41, 5.74) is 0.231. The normalized spacial score (nSPS) is 13.0. The fraction of sp³-hybridized carbons (Fsp3) is 0.125. The molecule has 0 saturated carbocycles. The van der Waals surface area contributed by atoms with Crippen molar-refractivity contribution < 1.29 is 16.8 Å². The van der Waals surface area contributed by atoms with Crippen molar-refractivity contribution in [1.82, 2.24) is 0 Å². The Morgan fingerprint density at radius 2 is 1.44 bits per heavy atom. The quantitative estimate of drug-likeness (QED) is 0.478. The van der Waals surface area contributed by atoms with Gasteiger partial charge in [-0.15, -0.1) is 0 Å². The van der Waals surface area contributed by atoms with Crippen molar-refractivity contribution in [2.45, 2.75) is 6.37 Å². The van der Waals surface area contributed by atoms with Gasteiger partial charge in [-0.25, -0.2) is 16.8 Å². The molecular weight excluding hydrogens is 478 g/mol. The molecule has 0 aliphatic heterocycles. The Kier molecular flexibility index (Phi) is 4.66. The molecule has 0 fully saturated rings. The standard InChI is InChI=1S/C8H4Br3NO4S2/c9-8(10,11)18(15,16)17(13,14)7-3-1-6(5-12)2-4-7/h1-4H. The monoisotopic (exact) mass is 479 g/mol. The first-order chi connectivity index (χ1) is 8.04. The largest absolute Gasteiger partial charge is 0.293 e. The van der Waals surface area contributed by atoms with E-state index in [2.05, 4.69) is 47.8 Å². The summed E-state index contributed by atoms with van der Waals surface area (Å²) >= 11 is 8.03. The summed E-state index contributed by atoms with van der Waals surface area (Å²) in [6.45, 7) is 0. The van der Waals surface area contributed by atoms with Crippen molar-refractivity contribution in [2.75, 3.05) is 0 Å². The van der Waals surface area contributed by atoms with Crippen molar-refractivity contribution in [1.29, 1.82) is 5.26 Å². The molecular formula is C8H4Br3NO4S2. The Morgan fingerprint density at radius 1 is 1.00 bits per heavy atom. The van der Waals surface area contributed by atoms with Crippen LogP contribution in [0.4, 0.5) is 0 Å². The number of rotatable bonds is 2. The lowest BCUT2D eigenvalue weighted by Crippen LogP contribution is -2.27. The van der Waals surface area contributed by atoms with Gasteiger partial charge in [-0.3, -0.25) is 0 Å². The zero-order valence-corrected chi connectivity index (χ0v) is 14.7. The fourth-order valence-electron chi connectivity index (χ4n) is 0.947. The van der Waals surface area contributed by atoms with Crippen LogP contribution >= 0.6 is 47.8 Å². The number of nitrogens with zero attached hydrogens (tertiary/aromatic N) is 1. The summed E-state index contributed by atoms with van der Waals surface area (Å²) in [6.07, 6.45) is 0. The van der Waals surface area contributed by atoms with Gasteiger partial charge in [0.15, 0.2) is 0 Å². The molecule has 0 spiro atoms. The average molecular weight is 482 g/mol. The fourth-order valence-corrected chi connectivity index (χ4v) is 8.46. The molecule has 1 aromatic rings. The molecule has 0 bridgehead atoms. The van der Waals surface area contributed by atoms with E-state index >= 15 is 0 Å². The number of halogens is 3. The van der Waals surface area contributed by atoms with Crippen molar-refractivity contribution in [3.05, 3.63) is 29.8 Å². The maximum absolute atomic E-state index is 11.9. The smallest absolute Gasteiger partial charge is 0.209 e. The summed E-state index contributed by atoms with van der Waals surface area (Å²) in [4.78, 5) is -0.413. The predicted octanol–water partition coefficient (Wildman–Crippen LogP) is 2.46. The Bertz CT molecular complexity index is 696. The lowest BCUT2D eigenvalue weighted by Gasteiger charge is -2.13. The molecule has 98 valence electrons. The molecule has 0 aliphatic rings. The van der Waals surface area contributed by atoms with Crippen LogP contribution in [0.5, 0.6) is 0 Å². The summed E-state index contributed by atoms with van der Waals surface area (Å²) < 4.78 is 45.6. The van der Waals surface area contributed by atoms with Gasteiger partial charge < -0.3 is 0 Å². The predicted molar refractivity (Wildman–Crippen MR) is 76.8 cm³/mol. The lowest BCUT2D eigenvalue weighted by atomic mass is 10.2. The first-order valence-electron chi connectivity index (χ1n) is 4.10.